The summed E-state index contributed by atoms with van der Waals surface area (Å²) in [6.45, 7) is 8.39. The van der Waals surface area contributed by atoms with Crippen LogP contribution >= 0.6 is 0 Å². The molecular weight excluding hydrogens is 246 g/mol. The van der Waals surface area contributed by atoms with Gasteiger partial charge in [0.2, 0.25) is 0 Å². The van der Waals surface area contributed by atoms with Crippen molar-refractivity contribution in [1.82, 2.24) is 15.1 Å². The Morgan fingerprint density at radius 3 is 2.45 bits per heavy atom. The number of rotatable bonds is 7. The minimum atomic E-state index is 0.270. The van der Waals surface area contributed by atoms with Crippen molar-refractivity contribution in [3.05, 3.63) is 53.3 Å². The quantitative estimate of drug-likeness (QED) is 0.838. The summed E-state index contributed by atoms with van der Waals surface area (Å²) in [4.78, 5) is 0. The van der Waals surface area contributed by atoms with Crippen LogP contribution in [-0.2, 0) is 12.8 Å². The lowest BCUT2D eigenvalue weighted by atomic mass is 10.1. The molecule has 1 aromatic carbocycles. The van der Waals surface area contributed by atoms with Crippen LogP contribution in [0.15, 0.2) is 36.4 Å². The van der Waals surface area contributed by atoms with Gasteiger partial charge >= 0.3 is 0 Å². The Morgan fingerprint density at radius 1 is 1.10 bits per heavy atom. The molecule has 3 nitrogen and oxygen atoms in total. The Labute approximate surface area is 122 Å². The molecule has 1 aromatic heterocycles. The van der Waals surface area contributed by atoms with Crippen molar-refractivity contribution < 1.29 is 0 Å². The van der Waals surface area contributed by atoms with Gasteiger partial charge in [0, 0.05) is 12.2 Å². The maximum Gasteiger partial charge on any atom is 0.0896 e. The fourth-order valence-corrected chi connectivity index (χ4v) is 2.50. The third-order valence-corrected chi connectivity index (χ3v) is 3.66. The molecule has 0 saturated heterocycles. The number of nitrogens with zero attached hydrogens (tertiary/aromatic N) is 2. The number of hydrogen-bond acceptors (Lipinski definition) is 2. The second-order valence-corrected chi connectivity index (χ2v) is 5.01. The molecule has 0 fully saturated rings. The molecular formula is C17H25N3. The lowest BCUT2D eigenvalue weighted by Crippen LogP contribution is -2.27. The van der Waals surface area contributed by atoms with Gasteiger partial charge in [-0.05, 0) is 31.0 Å². The molecule has 0 radical (unpaired) electrons. The number of likely N-dealkylation sites (N-methyl/N-ethyl adjacent to an activating group) is 1. The first kappa shape index (κ1) is 14.8. The predicted molar refractivity (Wildman–Crippen MR) is 84.1 cm³/mol. The third kappa shape index (κ3) is 3.28. The van der Waals surface area contributed by atoms with Gasteiger partial charge in [-0.15, -0.1) is 0 Å². The molecule has 2 aromatic rings. The molecule has 108 valence electrons. The van der Waals surface area contributed by atoms with E-state index in [9.17, 15) is 0 Å². The van der Waals surface area contributed by atoms with Crippen LogP contribution in [0.2, 0.25) is 0 Å². The summed E-state index contributed by atoms with van der Waals surface area (Å²) in [7, 11) is 0. The Hall–Kier alpha value is -1.61. The zero-order chi connectivity index (χ0) is 14.4. The highest BCUT2D eigenvalue weighted by Gasteiger charge is 2.17. The first-order chi connectivity index (χ1) is 9.80. The number of benzene rings is 1. The first-order valence-corrected chi connectivity index (χ1v) is 7.63. The van der Waals surface area contributed by atoms with E-state index in [4.69, 9.17) is 5.10 Å². The predicted octanol–water partition coefficient (Wildman–Crippen LogP) is 3.21. The van der Waals surface area contributed by atoms with E-state index in [2.05, 4.69) is 67.2 Å². The monoisotopic (exact) mass is 271 g/mol. The van der Waals surface area contributed by atoms with E-state index in [-0.39, 0.29) is 6.04 Å². The lowest BCUT2D eigenvalue weighted by Gasteiger charge is -2.21. The Kier molecular flexibility index (Phi) is 5.36. The van der Waals surface area contributed by atoms with Crippen LogP contribution in [-0.4, -0.2) is 22.9 Å². The molecule has 1 atom stereocenters. The van der Waals surface area contributed by atoms with Gasteiger partial charge in [0.15, 0.2) is 0 Å². The number of aryl methyl sites for hydroxylation is 2. The number of hydrogen-bond donors (Lipinski definition) is 1. The maximum atomic E-state index is 4.81. The average molecular weight is 271 g/mol. The molecule has 1 heterocycles. The lowest BCUT2D eigenvalue weighted by molar-refractivity contribution is 0.469. The van der Waals surface area contributed by atoms with Crippen molar-refractivity contribution in [1.29, 1.82) is 0 Å². The van der Waals surface area contributed by atoms with Crippen molar-refractivity contribution in [2.24, 2.45) is 0 Å². The molecule has 20 heavy (non-hydrogen) atoms. The topological polar surface area (TPSA) is 29.9 Å². The Morgan fingerprint density at radius 2 is 1.85 bits per heavy atom. The van der Waals surface area contributed by atoms with Gasteiger partial charge in [0.05, 0.1) is 11.7 Å². The molecule has 0 bridgehead atoms. The van der Waals surface area contributed by atoms with E-state index >= 15 is 0 Å². The van der Waals surface area contributed by atoms with Crippen molar-refractivity contribution in [2.75, 3.05) is 13.1 Å². The van der Waals surface area contributed by atoms with E-state index < -0.39 is 0 Å². The van der Waals surface area contributed by atoms with E-state index in [1.807, 2.05) is 0 Å². The van der Waals surface area contributed by atoms with Crippen LogP contribution in [0.5, 0.6) is 0 Å². The van der Waals surface area contributed by atoms with E-state index in [1.54, 1.807) is 0 Å². The molecule has 0 aliphatic heterocycles. The van der Waals surface area contributed by atoms with Crippen LogP contribution in [0, 0.1) is 0 Å². The summed E-state index contributed by atoms with van der Waals surface area (Å²) >= 11 is 0. The summed E-state index contributed by atoms with van der Waals surface area (Å²) in [5.41, 5.74) is 3.81. The summed E-state index contributed by atoms with van der Waals surface area (Å²) < 4.78 is 2.21. The summed E-state index contributed by atoms with van der Waals surface area (Å²) in [6, 6.07) is 13.2. The molecule has 0 amide bonds. The summed E-state index contributed by atoms with van der Waals surface area (Å²) in [6.07, 6.45) is 2.01. The molecule has 0 saturated carbocycles. The highest BCUT2D eigenvalue weighted by atomic mass is 15.3. The Balaban J connectivity index is 2.38. The second-order valence-electron chi connectivity index (χ2n) is 5.01. The zero-order valence-electron chi connectivity index (χ0n) is 12.8. The minimum absolute atomic E-state index is 0.270. The van der Waals surface area contributed by atoms with Crippen molar-refractivity contribution in [3.63, 3.8) is 0 Å². The van der Waals surface area contributed by atoms with Crippen LogP contribution < -0.4 is 5.32 Å². The SMILES string of the molecule is CCNCC(c1ccccc1)n1nc(CC)cc1CC. The molecule has 0 aliphatic rings. The maximum absolute atomic E-state index is 4.81. The standard InChI is InChI=1S/C17H25N3/c1-4-15-12-16(5-2)20(19-15)17(13-18-6-3)14-10-8-7-9-11-14/h7-12,17-18H,4-6,13H2,1-3H3. The summed E-state index contributed by atoms with van der Waals surface area (Å²) in [5.74, 6) is 0. The van der Waals surface area contributed by atoms with Crippen LogP contribution in [0.4, 0.5) is 0 Å². The van der Waals surface area contributed by atoms with Crippen molar-refractivity contribution in [2.45, 2.75) is 39.7 Å². The van der Waals surface area contributed by atoms with E-state index in [0.717, 1.165) is 25.9 Å². The zero-order valence-corrected chi connectivity index (χ0v) is 12.8. The normalized spacial score (nSPS) is 12.6. The number of nitrogens with one attached hydrogen (secondary N) is 1. The van der Waals surface area contributed by atoms with Gasteiger partial charge in [-0.25, -0.2) is 0 Å². The molecule has 3 heteroatoms. The van der Waals surface area contributed by atoms with Gasteiger partial charge in [0.25, 0.3) is 0 Å². The van der Waals surface area contributed by atoms with Gasteiger partial charge in [-0.3, -0.25) is 4.68 Å². The first-order valence-electron chi connectivity index (χ1n) is 7.63. The van der Waals surface area contributed by atoms with Crippen LogP contribution in [0.25, 0.3) is 0 Å². The van der Waals surface area contributed by atoms with E-state index in [0.29, 0.717) is 0 Å². The van der Waals surface area contributed by atoms with Gasteiger partial charge in [-0.2, -0.15) is 5.10 Å². The fourth-order valence-electron chi connectivity index (χ4n) is 2.50. The third-order valence-electron chi connectivity index (χ3n) is 3.66. The van der Waals surface area contributed by atoms with Gasteiger partial charge < -0.3 is 5.32 Å². The molecule has 0 spiro atoms. The van der Waals surface area contributed by atoms with Crippen molar-refractivity contribution in [3.8, 4) is 0 Å². The average Bonchev–Trinajstić information content (AvgIpc) is 2.92. The molecule has 2 rings (SSSR count). The highest BCUT2D eigenvalue weighted by molar-refractivity contribution is 5.22. The number of aromatic nitrogens is 2. The van der Waals surface area contributed by atoms with Crippen LogP contribution in [0.1, 0.15) is 43.8 Å². The largest absolute Gasteiger partial charge is 0.315 e. The van der Waals surface area contributed by atoms with Crippen molar-refractivity contribution >= 4 is 0 Å². The Bertz CT molecular complexity index is 516. The van der Waals surface area contributed by atoms with E-state index in [1.165, 1.54) is 17.0 Å². The van der Waals surface area contributed by atoms with Gasteiger partial charge in [0.1, 0.15) is 0 Å². The summed E-state index contributed by atoms with van der Waals surface area (Å²) in [5, 5.41) is 8.27. The van der Waals surface area contributed by atoms with Crippen LogP contribution in [0.3, 0.4) is 0 Å². The van der Waals surface area contributed by atoms with Gasteiger partial charge in [-0.1, -0.05) is 51.1 Å². The highest BCUT2D eigenvalue weighted by Crippen LogP contribution is 2.20. The molecule has 1 unspecified atom stereocenters. The fraction of sp³-hybridized carbons (Fsp3) is 0.471. The molecule has 1 N–H and O–H groups in total. The minimum Gasteiger partial charge on any atom is -0.315 e. The smallest absolute Gasteiger partial charge is 0.0896 e. The second kappa shape index (κ2) is 7.25. The molecule has 0 aliphatic carbocycles.